The molecule has 0 amide bonds. The first-order chi connectivity index (χ1) is 6.29. The first-order valence-electron chi connectivity index (χ1n) is 5.79. The summed E-state index contributed by atoms with van der Waals surface area (Å²) in [7, 11) is 2.24. The van der Waals surface area contributed by atoms with Crippen molar-refractivity contribution in [3.63, 3.8) is 0 Å². The number of nitrogens with one attached hydrogen (secondary N) is 1. The molecule has 1 aliphatic rings. The number of rotatable bonds is 3. The highest BCUT2D eigenvalue weighted by molar-refractivity contribution is 4.94. The van der Waals surface area contributed by atoms with Crippen LogP contribution in [-0.2, 0) is 0 Å². The Bertz CT molecular complexity index is 175. The smallest absolute Gasteiger partial charge is 0.0124 e. The molecule has 0 aromatic heterocycles. The van der Waals surface area contributed by atoms with Gasteiger partial charge in [-0.2, -0.15) is 0 Å². The molecule has 0 heterocycles. The Balaban J connectivity index is 2.24. The molecule has 1 rings (SSSR count). The Labute approximate surface area is 89.1 Å². The van der Waals surface area contributed by atoms with Crippen LogP contribution in [0.5, 0.6) is 0 Å². The minimum atomic E-state index is 0.270. The molecule has 0 radical (unpaired) electrons. The van der Waals surface area contributed by atoms with E-state index in [4.69, 9.17) is 0 Å². The Hall–Kier alpha value is -0.0800. The molecule has 0 aromatic rings. The standard InChI is InChI=1S/C12H26N2/c1-9(2)14(6)11-7-10(8-11)13-12(3,4)5/h9-11,13H,7-8H2,1-6H3. The fraction of sp³-hybridized carbons (Fsp3) is 1.00. The average molecular weight is 198 g/mol. The summed E-state index contributed by atoms with van der Waals surface area (Å²) in [5, 5.41) is 3.65. The van der Waals surface area contributed by atoms with E-state index in [1.165, 1.54) is 12.8 Å². The summed E-state index contributed by atoms with van der Waals surface area (Å²) < 4.78 is 0. The minimum absolute atomic E-state index is 0.270. The van der Waals surface area contributed by atoms with Crippen molar-refractivity contribution in [3.8, 4) is 0 Å². The summed E-state index contributed by atoms with van der Waals surface area (Å²) in [6.07, 6.45) is 2.62. The van der Waals surface area contributed by atoms with E-state index in [9.17, 15) is 0 Å². The SMILES string of the molecule is CC(C)N(C)C1CC(NC(C)(C)C)C1. The number of nitrogens with zero attached hydrogens (tertiary/aromatic N) is 1. The van der Waals surface area contributed by atoms with Crippen LogP contribution in [0, 0.1) is 0 Å². The lowest BCUT2D eigenvalue weighted by Gasteiger charge is -2.45. The van der Waals surface area contributed by atoms with Crippen LogP contribution in [0.3, 0.4) is 0 Å². The van der Waals surface area contributed by atoms with Gasteiger partial charge in [0, 0.05) is 23.7 Å². The largest absolute Gasteiger partial charge is 0.309 e. The molecular weight excluding hydrogens is 172 g/mol. The summed E-state index contributed by atoms with van der Waals surface area (Å²) in [5.41, 5.74) is 0.270. The van der Waals surface area contributed by atoms with Gasteiger partial charge in [-0.25, -0.2) is 0 Å². The molecule has 0 spiro atoms. The van der Waals surface area contributed by atoms with E-state index < -0.39 is 0 Å². The fourth-order valence-electron chi connectivity index (χ4n) is 2.07. The highest BCUT2D eigenvalue weighted by Crippen LogP contribution is 2.27. The zero-order chi connectivity index (χ0) is 10.9. The van der Waals surface area contributed by atoms with E-state index in [1.807, 2.05) is 0 Å². The Morgan fingerprint density at radius 3 is 2.07 bits per heavy atom. The maximum Gasteiger partial charge on any atom is 0.0124 e. The van der Waals surface area contributed by atoms with Crippen molar-refractivity contribution in [1.82, 2.24) is 10.2 Å². The molecule has 2 heteroatoms. The third-order valence-corrected chi connectivity index (χ3v) is 3.14. The molecule has 14 heavy (non-hydrogen) atoms. The van der Waals surface area contributed by atoms with Crippen molar-refractivity contribution in [1.29, 1.82) is 0 Å². The maximum absolute atomic E-state index is 3.65. The van der Waals surface area contributed by atoms with Gasteiger partial charge in [-0.1, -0.05) is 0 Å². The van der Waals surface area contributed by atoms with Crippen molar-refractivity contribution < 1.29 is 0 Å². The van der Waals surface area contributed by atoms with Gasteiger partial charge in [0.15, 0.2) is 0 Å². The lowest BCUT2D eigenvalue weighted by Crippen LogP contribution is -2.57. The third-order valence-electron chi connectivity index (χ3n) is 3.14. The van der Waals surface area contributed by atoms with Crippen LogP contribution in [0.25, 0.3) is 0 Å². The van der Waals surface area contributed by atoms with E-state index >= 15 is 0 Å². The summed E-state index contributed by atoms with van der Waals surface area (Å²) >= 11 is 0. The third kappa shape index (κ3) is 3.25. The molecule has 2 nitrogen and oxygen atoms in total. The van der Waals surface area contributed by atoms with E-state index in [0.29, 0.717) is 6.04 Å². The fourth-order valence-corrected chi connectivity index (χ4v) is 2.07. The molecule has 0 saturated heterocycles. The molecular formula is C12H26N2. The first-order valence-corrected chi connectivity index (χ1v) is 5.79. The summed E-state index contributed by atoms with van der Waals surface area (Å²) in [5.74, 6) is 0. The van der Waals surface area contributed by atoms with Crippen LogP contribution in [0.1, 0.15) is 47.5 Å². The van der Waals surface area contributed by atoms with E-state index in [-0.39, 0.29) is 5.54 Å². The maximum atomic E-state index is 3.65. The second kappa shape index (κ2) is 4.19. The summed E-state index contributed by atoms with van der Waals surface area (Å²) in [6, 6.07) is 2.21. The number of hydrogen-bond acceptors (Lipinski definition) is 2. The molecule has 1 saturated carbocycles. The van der Waals surface area contributed by atoms with Gasteiger partial charge in [-0.05, 0) is 54.5 Å². The van der Waals surface area contributed by atoms with E-state index in [1.54, 1.807) is 0 Å². The van der Waals surface area contributed by atoms with Crippen molar-refractivity contribution in [2.24, 2.45) is 0 Å². The van der Waals surface area contributed by atoms with Gasteiger partial charge < -0.3 is 10.2 Å². The van der Waals surface area contributed by atoms with E-state index in [2.05, 4.69) is 51.9 Å². The van der Waals surface area contributed by atoms with Gasteiger partial charge in [-0.3, -0.25) is 0 Å². The predicted octanol–water partition coefficient (Wildman–Crippen LogP) is 2.25. The lowest BCUT2D eigenvalue weighted by molar-refractivity contribution is 0.0841. The monoisotopic (exact) mass is 198 g/mol. The Morgan fingerprint density at radius 2 is 1.71 bits per heavy atom. The van der Waals surface area contributed by atoms with Gasteiger partial charge in [0.1, 0.15) is 0 Å². The van der Waals surface area contributed by atoms with Crippen LogP contribution in [0.2, 0.25) is 0 Å². The highest BCUT2D eigenvalue weighted by atomic mass is 15.2. The molecule has 0 aromatic carbocycles. The minimum Gasteiger partial charge on any atom is -0.309 e. The van der Waals surface area contributed by atoms with Crippen LogP contribution >= 0.6 is 0 Å². The molecule has 1 fully saturated rings. The summed E-state index contributed by atoms with van der Waals surface area (Å²) in [6.45, 7) is 11.3. The molecule has 0 aliphatic heterocycles. The van der Waals surface area contributed by atoms with Gasteiger partial charge in [0.25, 0.3) is 0 Å². The molecule has 0 atom stereocenters. The molecule has 0 unspecified atom stereocenters. The second-order valence-electron chi connectivity index (χ2n) is 5.98. The van der Waals surface area contributed by atoms with Crippen molar-refractivity contribution in [3.05, 3.63) is 0 Å². The van der Waals surface area contributed by atoms with Crippen molar-refractivity contribution >= 4 is 0 Å². The van der Waals surface area contributed by atoms with Gasteiger partial charge in [0.2, 0.25) is 0 Å². The molecule has 84 valence electrons. The van der Waals surface area contributed by atoms with E-state index in [0.717, 1.165) is 12.1 Å². The average Bonchev–Trinajstić information content (AvgIpc) is 1.92. The lowest BCUT2D eigenvalue weighted by atomic mass is 9.83. The van der Waals surface area contributed by atoms with Crippen molar-refractivity contribution in [2.75, 3.05) is 7.05 Å². The Morgan fingerprint density at radius 1 is 1.21 bits per heavy atom. The van der Waals surface area contributed by atoms with Crippen LogP contribution in [0.15, 0.2) is 0 Å². The highest BCUT2D eigenvalue weighted by Gasteiger charge is 2.34. The zero-order valence-corrected chi connectivity index (χ0v) is 10.6. The van der Waals surface area contributed by atoms with Gasteiger partial charge in [0.05, 0.1) is 0 Å². The molecule has 1 aliphatic carbocycles. The van der Waals surface area contributed by atoms with Gasteiger partial charge >= 0.3 is 0 Å². The second-order valence-corrected chi connectivity index (χ2v) is 5.98. The molecule has 1 N–H and O–H groups in total. The van der Waals surface area contributed by atoms with Crippen LogP contribution in [-0.4, -0.2) is 35.6 Å². The van der Waals surface area contributed by atoms with Crippen molar-refractivity contribution in [2.45, 2.75) is 71.1 Å². The quantitative estimate of drug-likeness (QED) is 0.748. The zero-order valence-electron chi connectivity index (χ0n) is 10.6. The topological polar surface area (TPSA) is 15.3 Å². The Kier molecular flexibility index (Phi) is 3.59. The van der Waals surface area contributed by atoms with Gasteiger partial charge in [-0.15, -0.1) is 0 Å². The van der Waals surface area contributed by atoms with Crippen LogP contribution < -0.4 is 5.32 Å². The van der Waals surface area contributed by atoms with Crippen LogP contribution in [0.4, 0.5) is 0 Å². The summed E-state index contributed by atoms with van der Waals surface area (Å²) in [4.78, 5) is 2.49. The molecule has 0 bridgehead atoms. The normalized spacial score (nSPS) is 28.3. The predicted molar refractivity (Wildman–Crippen MR) is 62.6 cm³/mol. The number of hydrogen-bond donors (Lipinski definition) is 1. The first kappa shape index (κ1) is 12.0.